The first kappa shape index (κ1) is 13.3. The molecule has 2 N–H and O–H groups in total. The third-order valence-corrected chi connectivity index (χ3v) is 3.41. The van der Waals surface area contributed by atoms with E-state index in [4.69, 9.17) is 14.3 Å². The highest BCUT2D eigenvalue weighted by Gasteiger charge is 2.33. The van der Waals surface area contributed by atoms with Crippen LogP contribution in [0.3, 0.4) is 0 Å². The molecule has 0 bridgehead atoms. The number of furan rings is 1. The highest BCUT2D eigenvalue weighted by atomic mass is 16.5. The van der Waals surface area contributed by atoms with E-state index in [1.165, 1.54) is 0 Å². The Labute approximate surface area is 108 Å². The van der Waals surface area contributed by atoms with E-state index in [1.807, 2.05) is 24.3 Å². The number of hydrogen-bond donors (Lipinski definition) is 2. The van der Waals surface area contributed by atoms with Gasteiger partial charge in [-0.1, -0.05) is 6.08 Å². The molecule has 0 amide bonds. The molecule has 1 atom stereocenters. The van der Waals surface area contributed by atoms with Crippen LogP contribution >= 0.6 is 0 Å². The second-order valence-corrected chi connectivity index (χ2v) is 4.82. The molecular weight excluding hydrogens is 230 g/mol. The summed E-state index contributed by atoms with van der Waals surface area (Å²) in [5, 5.41) is 12.5. The standard InChI is InChI=1S/C14H21NO3/c16-8-5-14(6-10-17-12-14)11-15-7-1-3-13-4-2-9-18-13/h1-4,9,15-16H,5-8,10-12H2/b3-1+. The zero-order valence-corrected chi connectivity index (χ0v) is 10.6. The molecule has 2 heterocycles. The van der Waals surface area contributed by atoms with Gasteiger partial charge in [0, 0.05) is 31.7 Å². The molecule has 1 aromatic rings. The second-order valence-electron chi connectivity index (χ2n) is 4.82. The Morgan fingerprint density at radius 1 is 1.50 bits per heavy atom. The summed E-state index contributed by atoms with van der Waals surface area (Å²) < 4.78 is 10.6. The van der Waals surface area contributed by atoms with Gasteiger partial charge in [0.05, 0.1) is 12.9 Å². The highest BCUT2D eigenvalue weighted by Crippen LogP contribution is 2.31. The summed E-state index contributed by atoms with van der Waals surface area (Å²) in [4.78, 5) is 0. The third kappa shape index (κ3) is 3.70. The van der Waals surface area contributed by atoms with E-state index >= 15 is 0 Å². The first-order chi connectivity index (χ1) is 8.85. The predicted molar refractivity (Wildman–Crippen MR) is 70.2 cm³/mol. The van der Waals surface area contributed by atoms with Gasteiger partial charge in [-0.3, -0.25) is 0 Å². The van der Waals surface area contributed by atoms with Gasteiger partial charge < -0.3 is 19.6 Å². The number of nitrogens with one attached hydrogen (secondary N) is 1. The summed E-state index contributed by atoms with van der Waals surface area (Å²) in [5.41, 5.74) is 0.118. The highest BCUT2D eigenvalue weighted by molar-refractivity contribution is 5.42. The summed E-state index contributed by atoms with van der Waals surface area (Å²) in [7, 11) is 0. The number of aliphatic hydroxyl groups is 1. The zero-order valence-electron chi connectivity index (χ0n) is 10.6. The van der Waals surface area contributed by atoms with E-state index in [9.17, 15) is 0 Å². The molecule has 0 spiro atoms. The summed E-state index contributed by atoms with van der Waals surface area (Å²) >= 11 is 0. The van der Waals surface area contributed by atoms with Gasteiger partial charge in [-0.25, -0.2) is 0 Å². The first-order valence-corrected chi connectivity index (χ1v) is 6.44. The molecule has 0 aliphatic carbocycles. The molecule has 1 aliphatic rings. The molecule has 0 saturated carbocycles. The maximum Gasteiger partial charge on any atom is 0.126 e. The van der Waals surface area contributed by atoms with Gasteiger partial charge in [0.1, 0.15) is 5.76 Å². The molecule has 1 aliphatic heterocycles. The van der Waals surface area contributed by atoms with Crippen LogP contribution in [0.1, 0.15) is 18.6 Å². The molecule has 100 valence electrons. The largest absolute Gasteiger partial charge is 0.465 e. The van der Waals surface area contributed by atoms with Gasteiger partial charge in [-0.2, -0.15) is 0 Å². The average molecular weight is 251 g/mol. The Bertz CT molecular complexity index is 353. The Morgan fingerprint density at radius 3 is 3.11 bits per heavy atom. The van der Waals surface area contributed by atoms with Crippen LogP contribution in [0.2, 0.25) is 0 Å². The van der Waals surface area contributed by atoms with Crippen molar-refractivity contribution in [2.75, 3.05) is 32.9 Å². The lowest BCUT2D eigenvalue weighted by atomic mass is 9.84. The SMILES string of the molecule is OCCC1(CNC/C=C/c2ccco2)CCOC1. The van der Waals surface area contributed by atoms with E-state index in [2.05, 4.69) is 5.32 Å². The van der Waals surface area contributed by atoms with Gasteiger partial charge in [-0.15, -0.1) is 0 Å². The second kappa shape index (κ2) is 6.73. The Morgan fingerprint density at radius 2 is 2.44 bits per heavy atom. The van der Waals surface area contributed by atoms with E-state index < -0.39 is 0 Å². The monoisotopic (exact) mass is 251 g/mol. The van der Waals surface area contributed by atoms with Crippen molar-refractivity contribution >= 4 is 6.08 Å². The predicted octanol–water partition coefficient (Wildman–Crippen LogP) is 1.67. The first-order valence-electron chi connectivity index (χ1n) is 6.44. The van der Waals surface area contributed by atoms with Gasteiger partial charge in [-0.05, 0) is 31.1 Å². The fraction of sp³-hybridized carbons (Fsp3) is 0.571. The lowest BCUT2D eigenvalue weighted by Crippen LogP contribution is -2.35. The topological polar surface area (TPSA) is 54.6 Å². The Balaban J connectivity index is 1.70. The molecule has 0 radical (unpaired) electrons. The van der Waals surface area contributed by atoms with Crippen molar-refractivity contribution in [3.05, 3.63) is 30.2 Å². The quantitative estimate of drug-likeness (QED) is 0.724. The molecule has 1 fully saturated rings. The Kier molecular flexibility index (Phi) is 4.99. The molecule has 1 unspecified atom stereocenters. The molecule has 4 heteroatoms. The normalized spacial score (nSPS) is 24.1. The van der Waals surface area contributed by atoms with Crippen LogP contribution in [-0.2, 0) is 4.74 Å². The van der Waals surface area contributed by atoms with Crippen LogP contribution in [0, 0.1) is 5.41 Å². The van der Waals surface area contributed by atoms with Gasteiger partial charge in [0.2, 0.25) is 0 Å². The maximum absolute atomic E-state index is 9.11. The van der Waals surface area contributed by atoms with Crippen molar-refractivity contribution < 1.29 is 14.3 Å². The summed E-state index contributed by atoms with van der Waals surface area (Å²) in [6, 6.07) is 3.80. The van der Waals surface area contributed by atoms with Crippen LogP contribution in [0.25, 0.3) is 6.08 Å². The van der Waals surface area contributed by atoms with Gasteiger partial charge >= 0.3 is 0 Å². The lowest BCUT2D eigenvalue weighted by Gasteiger charge is -2.26. The van der Waals surface area contributed by atoms with Crippen LogP contribution in [0.4, 0.5) is 0 Å². The van der Waals surface area contributed by atoms with Crippen molar-refractivity contribution in [1.82, 2.24) is 5.32 Å². The smallest absolute Gasteiger partial charge is 0.126 e. The molecule has 4 nitrogen and oxygen atoms in total. The van der Waals surface area contributed by atoms with Crippen LogP contribution in [-0.4, -0.2) is 38.0 Å². The molecule has 2 rings (SSSR count). The minimum Gasteiger partial charge on any atom is -0.465 e. The number of aliphatic hydroxyl groups excluding tert-OH is 1. The van der Waals surface area contributed by atoms with Crippen LogP contribution in [0.15, 0.2) is 28.9 Å². The molecule has 0 aromatic carbocycles. The Hall–Kier alpha value is -1.10. The number of ether oxygens (including phenoxy) is 1. The van der Waals surface area contributed by atoms with E-state index in [1.54, 1.807) is 6.26 Å². The zero-order chi connectivity index (χ0) is 12.7. The molecule has 1 aromatic heterocycles. The fourth-order valence-electron chi connectivity index (χ4n) is 2.29. The van der Waals surface area contributed by atoms with E-state index in [0.29, 0.717) is 0 Å². The number of rotatable bonds is 7. The van der Waals surface area contributed by atoms with Crippen LogP contribution in [0.5, 0.6) is 0 Å². The van der Waals surface area contributed by atoms with Crippen molar-refractivity contribution in [2.45, 2.75) is 12.8 Å². The van der Waals surface area contributed by atoms with E-state index in [0.717, 1.165) is 44.9 Å². The fourth-order valence-corrected chi connectivity index (χ4v) is 2.29. The van der Waals surface area contributed by atoms with Crippen LogP contribution < -0.4 is 5.32 Å². The van der Waals surface area contributed by atoms with E-state index in [-0.39, 0.29) is 12.0 Å². The van der Waals surface area contributed by atoms with Crippen molar-refractivity contribution in [1.29, 1.82) is 0 Å². The summed E-state index contributed by atoms with van der Waals surface area (Å²) in [6.07, 6.45) is 7.50. The van der Waals surface area contributed by atoms with Crippen molar-refractivity contribution in [3.63, 3.8) is 0 Å². The maximum atomic E-state index is 9.11. The molecule has 1 saturated heterocycles. The minimum atomic E-state index is 0.118. The molecule has 18 heavy (non-hydrogen) atoms. The number of hydrogen-bond acceptors (Lipinski definition) is 4. The minimum absolute atomic E-state index is 0.118. The summed E-state index contributed by atoms with van der Waals surface area (Å²) in [6.45, 7) is 3.48. The summed E-state index contributed by atoms with van der Waals surface area (Å²) in [5.74, 6) is 0.867. The third-order valence-electron chi connectivity index (χ3n) is 3.41. The van der Waals surface area contributed by atoms with Gasteiger partial charge in [0.15, 0.2) is 0 Å². The molecular formula is C14H21NO3. The lowest BCUT2D eigenvalue weighted by molar-refractivity contribution is 0.125. The van der Waals surface area contributed by atoms with Crippen molar-refractivity contribution in [2.24, 2.45) is 5.41 Å². The van der Waals surface area contributed by atoms with Gasteiger partial charge in [0.25, 0.3) is 0 Å². The van der Waals surface area contributed by atoms with Crippen molar-refractivity contribution in [3.8, 4) is 0 Å². The average Bonchev–Trinajstić information content (AvgIpc) is 3.01.